The van der Waals surface area contributed by atoms with Gasteiger partial charge >= 0.3 is 6.18 Å². The highest BCUT2D eigenvalue weighted by Gasteiger charge is 2.34. The van der Waals surface area contributed by atoms with Gasteiger partial charge in [-0.15, -0.1) is 0 Å². The van der Waals surface area contributed by atoms with Gasteiger partial charge < -0.3 is 15.2 Å². The molecule has 0 aliphatic carbocycles. The number of benzene rings is 1. The van der Waals surface area contributed by atoms with Crippen molar-refractivity contribution >= 4 is 0 Å². The molecule has 1 aliphatic rings. The maximum atomic E-state index is 12.8. The topological polar surface area (TPSA) is 41.5 Å². The van der Waals surface area contributed by atoms with Gasteiger partial charge in [-0.05, 0) is 44.0 Å². The Bertz CT molecular complexity index is 431. The number of nitrogens with one attached hydrogen (secondary N) is 1. The van der Waals surface area contributed by atoms with Crippen LogP contribution in [0.3, 0.4) is 0 Å². The standard InChI is InChI=1S/C14H18F3NO2/c15-14(16,17)11-3-1-2-4-13(11)20-9-12(19)10-5-7-18-8-6-10/h1-4,10,12,18-19H,5-9H2. The van der Waals surface area contributed by atoms with Gasteiger partial charge in [-0.25, -0.2) is 0 Å². The smallest absolute Gasteiger partial charge is 0.419 e. The molecule has 112 valence electrons. The Morgan fingerprint density at radius 2 is 1.90 bits per heavy atom. The monoisotopic (exact) mass is 289 g/mol. The fourth-order valence-electron chi connectivity index (χ4n) is 2.37. The minimum absolute atomic E-state index is 0.0781. The van der Waals surface area contributed by atoms with Crippen LogP contribution < -0.4 is 10.1 Å². The summed E-state index contributed by atoms with van der Waals surface area (Å²) in [6.45, 7) is 1.53. The molecule has 1 aliphatic heterocycles. The first-order valence-electron chi connectivity index (χ1n) is 6.66. The minimum Gasteiger partial charge on any atom is -0.490 e. The summed E-state index contributed by atoms with van der Waals surface area (Å²) in [5.41, 5.74) is -0.808. The summed E-state index contributed by atoms with van der Waals surface area (Å²) in [6.07, 6.45) is -3.56. The van der Waals surface area contributed by atoms with E-state index in [-0.39, 0.29) is 18.3 Å². The lowest BCUT2D eigenvalue weighted by Gasteiger charge is -2.27. The number of halogens is 3. The second kappa shape index (κ2) is 6.45. The van der Waals surface area contributed by atoms with Crippen molar-refractivity contribution in [2.75, 3.05) is 19.7 Å². The van der Waals surface area contributed by atoms with Crippen LogP contribution in [0, 0.1) is 5.92 Å². The third kappa shape index (κ3) is 3.86. The molecule has 20 heavy (non-hydrogen) atoms. The van der Waals surface area contributed by atoms with Crippen LogP contribution in [0.15, 0.2) is 24.3 Å². The quantitative estimate of drug-likeness (QED) is 0.894. The number of para-hydroxylation sites is 1. The zero-order chi connectivity index (χ0) is 14.6. The van der Waals surface area contributed by atoms with Crippen molar-refractivity contribution in [1.82, 2.24) is 5.32 Å². The van der Waals surface area contributed by atoms with E-state index in [4.69, 9.17) is 4.74 Å². The van der Waals surface area contributed by atoms with Crippen molar-refractivity contribution in [3.63, 3.8) is 0 Å². The maximum absolute atomic E-state index is 12.8. The van der Waals surface area contributed by atoms with Crippen LogP contribution in [-0.2, 0) is 6.18 Å². The van der Waals surface area contributed by atoms with E-state index in [1.807, 2.05) is 0 Å². The lowest BCUT2D eigenvalue weighted by atomic mass is 9.93. The first-order valence-corrected chi connectivity index (χ1v) is 6.66. The molecular weight excluding hydrogens is 271 g/mol. The van der Waals surface area contributed by atoms with E-state index in [9.17, 15) is 18.3 Å². The Morgan fingerprint density at radius 3 is 2.55 bits per heavy atom. The second-order valence-electron chi connectivity index (χ2n) is 4.96. The van der Waals surface area contributed by atoms with Crippen LogP contribution in [0.1, 0.15) is 18.4 Å². The molecule has 1 aromatic carbocycles. The highest BCUT2D eigenvalue weighted by atomic mass is 19.4. The largest absolute Gasteiger partial charge is 0.490 e. The molecular formula is C14H18F3NO2. The predicted octanol–water partition coefficient (Wildman–Crippen LogP) is 2.44. The highest BCUT2D eigenvalue weighted by molar-refractivity contribution is 5.35. The highest BCUT2D eigenvalue weighted by Crippen LogP contribution is 2.36. The summed E-state index contributed by atoms with van der Waals surface area (Å²) in [6, 6.07) is 5.06. The second-order valence-corrected chi connectivity index (χ2v) is 4.96. The summed E-state index contributed by atoms with van der Waals surface area (Å²) in [5, 5.41) is 13.2. The minimum atomic E-state index is -4.45. The van der Waals surface area contributed by atoms with Gasteiger partial charge in [0.15, 0.2) is 0 Å². The van der Waals surface area contributed by atoms with Gasteiger partial charge in [-0.2, -0.15) is 13.2 Å². The predicted molar refractivity (Wildman–Crippen MR) is 68.5 cm³/mol. The molecule has 6 heteroatoms. The summed E-state index contributed by atoms with van der Waals surface area (Å²) in [5.74, 6) is -0.151. The molecule has 0 bridgehead atoms. The van der Waals surface area contributed by atoms with E-state index in [1.165, 1.54) is 18.2 Å². The summed E-state index contributed by atoms with van der Waals surface area (Å²) in [4.78, 5) is 0. The van der Waals surface area contributed by atoms with Crippen molar-refractivity contribution in [1.29, 1.82) is 0 Å². The van der Waals surface area contributed by atoms with E-state index in [1.54, 1.807) is 0 Å². The lowest BCUT2D eigenvalue weighted by molar-refractivity contribution is -0.139. The molecule has 1 heterocycles. The van der Waals surface area contributed by atoms with Crippen LogP contribution in [0.4, 0.5) is 13.2 Å². The van der Waals surface area contributed by atoms with Crippen molar-refractivity contribution in [3.8, 4) is 5.75 Å². The van der Waals surface area contributed by atoms with E-state index in [0.29, 0.717) is 0 Å². The van der Waals surface area contributed by atoms with Crippen LogP contribution >= 0.6 is 0 Å². The van der Waals surface area contributed by atoms with Crippen LogP contribution in [0.25, 0.3) is 0 Å². The molecule has 1 fully saturated rings. The van der Waals surface area contributed by atoms with Crippen molar-refractivity contribution < 1.29 is 23.0 Å². The molecule has 0 aromatic heterocycles. The Hall–Kier alpha value is -1.27. The Kier molecular flexibility index (Phi) is 4.88. The molecule has 1 aromatic rings. The summed E-state index contributed by atoms with van der Waals surface area (Å²) >= 11 is 0. The lowest BCUT2D eigenvalue weighted by Crippen LogP contribution is -2.36. The number of hydrogen-bond donors (Lipinski definition) is 2. The molecule has 2 N–H and O–H groups in total. The Labute approximate surface area is 115 Å². The third-order valence-electron chi connectivity index (χ3n) is 3.53. The normalized spacial score (nSPS) is 18.8. The first kappa shape index (κ1) is 15.1. The summed E-state index contributed by atoms with van der Waals surface area (Å²) < 4.78 is 43.5. The number of aliphatic hydroxyl groups is 1. The molecule has 2 rings (SSSR count). The third-order valence-corrected chi connectivity index (χ3v) is 3.53. The fourth-order valence-corrected chi connectivity index (χ4v) is 2.37. The first-order chi connectivity index (χ1) is 9.48. The van der Waals surface area contributed by atoms with E-state index in [2.05, 4.69) is 5.32 Å². The van der Waals surface area contributed by atoms with Crippen molar-refractivity contribution in [2.45, 2.75) is 25.1 Å². The van der Waals surface area contributed by atoms with Gasteiger partial charge in [0.25, 0.3) is 0 Å². The summed E-state index contributed by atoms with van der Waals surface area (Å²) in [7, 11) is 0. The van der Waals surface area contributed by atoms with Gasteiger partial charge in [0, 0.05) is 0 Å². The van der Waals surface area contributed by atoms with Crippen molar-refractivity contribution in [3.05, 3.63) is 29.8 Å². The zero-order valence-electron chi connectivity index (χ0n) is 11.0. The molecule has 0 saturated carbocycles. The van der Waals surface area contributed by atoms with E-state index < -0.39 is 17.8 Å². The number of rotatable bonds is 4. The number of alkyl halides is 3. The zero-order valence-corrected chi connectivity index (χ0v) is 11.0. The number of hydrogen-bond acceptors (Lipinski definition) is 3. The number of piperidine rings is 1. The Morgan fingerprint density at radius 1 is 1.25 bits per heavy atom. The molecule has 1 atom stereocenters. The molecule has 0 spiro atoms. The van der Waals surface area contributed by atoms with E-state index in [0.717, 1.165) is 32.0 Å². The van der Waals surface area contributed by atoms with Crippen LogP contribution in [0.5, 0.6) is 5.75 Å². The average Bonchev–Trinajstić information content (AvgIpc) is 2.45. The van der Waals surface area contributed by atoms with Gasteiger partial charge in [-0.3, -0.25) is 0 Å². The van der Waals surface area contributed by atoms with Gasteiger partial charge in [0.2, 0.25) is 0 Å². The average molecular weight is 289 g/mol. The molecule has 3 nitrogen and oxygen atoms in total. The number of aliphatic hydroxyl groups excluding tert-OH is 1. The molecule has 0 amide bonds. The molecule has 0 radical (unpaired) electrons. The molecule has 1 unspecified atom stereocenters. The van der Waals surface area contributed by atoms with Gasteiger partial charge in [-0.1, -0.05) is 12.1 Å². The van der Waals surface area contributed by atoms with Gasteiger partial charge in [0.1, 0.15) is 12.4 Å². The van der Waals surface area contributed by atoms with Crippen LogP contribution in [0.2, 0.25) is 0 Å². The SMILES string of the molecule is OC(COc1ccccc1C(F)(F)F)C1CCNCC1. The Balaban J connectivity index is 1.96. The van der Waals surface area contributed by atoms with Crippen LogP contribution in [-0.4, -0.2) is 30.9 Å². The maximum Gasteiger partial charge on any atom is 0.419 e. The molecule has 1 saturated heterocycles. The fraction of sp³-hybridized carbons (Fsp3) is 0.571. The number of ether oxygens (including phenoxy) is 1. The van der Waals surface area contributed by atoms with Crippen molar-refractivity contribution in [2.24, 2.45) is 5.92 Å². The van der Waals surface area contributed by atoms with E-state index >= 15 is 0 Å². The van der Waals surface area contributed by atoms with Gasteiger partial charge in [0.05, 0.1) is 11.7 Å².